The van der Waals surface area contributed by atoms with Gasteiger partial charge in [0.25, 0.3) is 0 Å². The summed E-state index contributed by atoms with van der Waals surface area (Å²) >= 11 is 1.16. The van der Waals surface area contributed by atoms with Crippen molar-refractivity contribution in [2.45, 2.75) is 12.1 Å². The molecule has 6 nitrogen and oxygen atoms in total. The van der Waals surface area contributed by atoms with Crippen molar-refractivity contribution in [2.24, 2.45) is 7.05 Å². The van der Waals surface area contributed by atoms with Gasteiger partial charge in [-0.3, -0.25) is 4.79 Å². The number of benzene rings is 2. The Balaban J connectivity index is 1.69. The molecule has 1 N–H and O–H groups in total. The van der Waals surface area contributed by atoms with Crippen LogP contribution in [-0.2, 0) is 11.8 Å². The number of thioether (sulfide) groups is 1. The van der Waals surface area contributed by atoms with Crippen molar-refractivity contribution in [2.75, 3.05) is 17.7 Å². The van der Waals surface area contributed by atoms with Crippen LogP contribution in [0.25, 0.3) is 11.4 Å². The van der Waals surface area contributed by atoms with Crippen LogP contribution < -0.4 is 10.1 Å². The fourth-order valence-corrected chi connectivity index (χ4v) is 3.23. The molecule has 0 fully saturated rings. The van der Waals surface area contributed by atoms with E-state index in [4.69, 9.17) is 4.74 Å². The van der Waals surface area contributed by atoms with Gasteiger partial charge in [-0.1, -0.05) is 23.9 Å². The van der Waals surface area contributed by atoms with Crippen molar-refractivity contribution >= 4 is 23.4 Å². The lowest BCUT2D eigenvalue weighted by atomic mass is 10.2. The minimum atomic E-state index is -0.827. The van der Waals surface area contributed by atoms with E-state index < -0.39 is 17.5 Å². The van der Waals surface area contributed by atoms with Gasteiger partial charge in [-0.25, -0.2) is 8.78 Å². The first-order valence-corrected chi connectivity index (χ1v) is 9.47. The predicted octanol–water partition coefficient (Wildman–Crippen LogP) is 3.89. The molecule has 1 heterocycles. The lowest BCUT2D eigenvalue weighted by molar-refractivity contribution is -0.113. The molecule has 0 aliphatic rings. The molecule has 0 saturated carbocycles. The van der Waals surface area contributed by atoms with Crippen molar-refractivity contribution in [3.63, 3.8) is 0 Å². The highest BCUT2D eigenvalue weighted by molar-refractivity contribution is 7.99. The fourth-order valence-electron chi connectivity index (χ4n) is 2.52. The largest absolute Gasteiger partial charge is 0.493 e. The van der Waals surface area contributed by atoms with E-state index in [1.165, 1.54) is 6.07 Å². The summed E-state index contributed by atoms with van der Waals surface area (Å²) in [5.74, 6) is -0.667. The Labute approximate surface area is 164 Å². The molecule has 9 heteroatoms. The van der Waals surface area contributed by atoms with Crippen molar-refractivity contribution in [1.82, 2.24) is 14.8 Å². The molecule has 1 amide bonds. The molecule has 0 bridgehead atoms. The highest BCUT2D eigenvalue weighted by Gasteiger charge is 2.16. The van der Waals surface area contributed by atoms with Crippen molar-refractivity contribution in [1.29, 1.82) is 0 Å². The summed E-state index contributed by atoms with van der Waals surface area (Å²) in [4.78, 5) is 12.1. The van der Waals surface area contributed by atoms with Crippen LogP contribution in [0.4, 0.5) is 14.5 Å². The smallest absolute Gasteiger partial charge is 0.234 e. The van der Waals surface area contributed by atoms with E-state index in [1.807, 2.05) is 31.2 Å². The minimum Gasteiger partial charge on any atom is -0.493 e. The van der Waals surface area contributed by atoms with E-state index in [-0.39, 0.29) is 11.4 Å². The molecule has 0 radical (unpaired) electrons. The first-order chi connectivity index (χ1) is 13.5. The van der Waals surface area contributed by atoms with Gasteiger partial charge in [0.15, 0.2) is 11.0 Å². The average Bonchev–Trinajstić information content (AvgIpc) is 3.03. The Hall–Kier alpha value is -2.94. The van der Waals surface area contributed by atoms with Crippen LogP contribution in [0.15, 0.2) is 47.6 Å². The molecular formula is C19H18F2N4O2S. The summed E-state index contributed by atoms with van der Waals surface area (Å²) in [6, 6.07) is 10.5. The zero-order chi connectivity index (χ0) is 20.1. The summed E-state index contributed by atoms with van der Waals surface area (Å²) in [6.45, 7) is 2.42. The van der Waals surface area contributed by atoms with Crippen molar-refractivity contribution in [3.8, 4) is 17.1 Å². The number of carbonyl (C=O) groups excluding carboxylic acids is 1. The first-order valence-electron chi connectivity index (χ1n) is 8.49. The SMILES string of the molecule is CCOc1ccccc1-c1nnc(SCC(=O)Nc2ccc(F)cc2F)n1C. The molecule has 28 heavy (non-hydrogen) atoms. The number of anilines is 1. The highest BCUT2D eigenvalue weighted by Crippen LogP contribution is 2.30. The third kappa shape index (κ3) is 4.48. The van der Waals surface area contributed by atoms with E-state index in [9.17, 15) is 13.6 Å². The fraction of sp³-hybridized carbons (Fsp3) is 0.211. The maximum atomic E-state index is 13.6. The summed E-state index contributed by atoms with van der Waals surface area (Å²) in [5, 5.41) is 11.2. The van der Waals surface area contributed by atoms with E-state index >= 15 is 0 Å². The van der Waals surface area contributed by atoms with E-state index in [0.29, 0.717) is 29.4 Å². The van der Waals surface area contributed by atoms with Crippen molar-refractivity contribution in [3.05, 3.63) is 54.1 Å². The Morgan fingerprint density at radius 3 is 2.75 bits per heavy atom. The summed E-state index contributed by atoms with van der Waals surface area (Å²) in [7, 11) is 1.79. The third-order valence-corrected chi connectivity index (χ3v) is 4.82. The monoisotopic (exact) mass is 404 g/mol. The molecule has 3 rings (SSSR count). The van der Waals surface area contributed by atoms with Crippen molar-refractivity contribution < 1.29 is 18.3 Å². The molecule has 3 aromatic rings. The second-order valence-electron chi connectivity index (χ2n) is 5.76. The number of nitrogens with zero attached hydrogens (tertiary/aromatic N) is 3. The number of rotatable bonds is 7. The number of ether oxygens (including phenoxy) is 1. The third-order valence-electron chi connectivity index (χ3n) is 3.80. The van der Waals surface area contributed by atoms with E-state index in [0.717, 1.165) is 23.4 Å². The van der Waals surface area contributed by atoms with Crippen LogP contribution in [0.1, 0.15) is 6.92 Å². The van der Waals surface area contributed by atoms with Gasteiger partial charge in [0.05, 0.1) is 23.6 Å². The van der Waals surface area contributed by atoms with Crippen LogP contribution >= 0.6 is 11.8 Å². The van der Waals surface area contributed by atoms with Gasteiger partial charge in [-0.05, 0) is 31.2 Å². The van der Waals surface area contributed by atoms with Crippen LogP contribution in [-0.4, -0.2) is 33.0 Å². The number of aromatic nitrogens is 3. The van der Waals surface area contributed by atoms with Gasteiger partial charge in [0.2, 0.25) is 5.91 Å². The maximum absolute atomic E-state index is 13.6. The van der Waals surface area contributed by atoms with Gasteiger partial charge < -0.3 is 14.6 Å². The minimum absolute atomic E-state index is 0.00407. The van der Waals surface area contributed by atoms with Crippen LogP contribution in [0.5, 0.6) is 5.75 Å². The molecule has 0 atom stereocenters. The van der Waals surface area contributed by atoms with Gasteiger partial charge in [-0.15, -0.1) is 10.2 Å². The maximum Gasteiger partial charge on any atom is 0.234 e. The number of nitrogens with one attached hydrogen (secondary N) is 1. The summed E-state index contributed by atoms with van der Waals surface area (Å²) < 4.78 is 33.9. The first kappa shape index (κ1) is 19.8. The van der Waals surface area contributed by atoms with E-state index in [1.54, 1.807) is 11.6 Å². The van der Waals surface area contributed by atoms with Crippen LogP contribution in [0.3, 0.4) is 0 Å². The molecule has 0 aliphatic carbocycles. The zero-order valence-corrected chi connectivity index (χ0v) is 16.1. The lowest BCUT2D eigenvalue weighted by Gasteiger charge is -2.10. The Kier molecular flexibility index (Phi) is 6.25. The molecule has 2 aromatic carbocycles. The van der Waals surface area contributed by atoms with Crippen LogP contribution in [0, 0.1) is 11.6 Å². The number of halogens is 2. The number of hydrogen-bond acceptors (Lipinski definition) is 5. The molecule has 0 saturated heterocycles. The molecule has 1 aromatic heterocycles. The topological polar surface area (TPSA) is 69.0 Å². The molecule has 146 valence electrons. The average molecular weight is 404 g/mol. The Bertz CT molecular complexity index is 994. The lowest BCUT2D eigenvalue weighted by Crippen LogP contribution is -2.15. The predicted molar refractivity (Wildman–Crippen MR) is 103 cm³/mol. The Morgan fingerprint density at radius 1 is 1.21 bits per heavy atom. The van der Waals surface area contributed by atoms with Gasteiger partial charge in [-0.2, -0.15) is 0 Å². The molecular weight excluding hydrogens is 386 g/mol. The normalized spacial score (nSPS) is 10.7. The number of hydrogen-bond donors (Lipinski definition) is 1. The van der Waals surface area contributed by atoms with Gasteiger partial charge in [0.1, 0.15) is 17.4 Å². The molecule has 0 spiro atoms. The summed E-state index contributed by atoms with van der Waals surface area (Å²) in [5.41, 5.74) is 0.723. The second-order valence-corrected chi connectivity index (χ2v) is 6.70. The van der Waals surface area contributed by atoms with Gasteiger partial charge in [0, 0.05) is 13.1 Å². The highest BCUT2D eigenvalue weighted by atomic mass is 32.2. The molecule has 0 aliphatic heterocycles. The van der Waals surface area contributed by atoms with Crippen LogP contribution in [0.2, 0.25) is 0 Å². The zero-order valence-electron chi connectivity index (χ0n) is 15.3. The second kappa shape index (κ2) is 8.83. The standard InChI is InChI=1S/C19H18F2N4O2S/c1-3-27-16-7-5-4-6-13(16)18-23-24-19(25(18)2)28-11-17(26)22-15-9-8-12(20)10-14(15)21/h4-10H,3,11H2,1-2H3,(H,22,26). The molecule has 0 unspecified atom stereocenters. The van der Waals surface area contributed by atoms with Gasteiger partial charge >= 0.3 is 0 Å². The number of amides is 1. The number of carbonyl (C=O) groups is 1. The number of para-hydroxylation sites is 1. The Morgan fingerprint density at radius 2 is 2.00 bits per heavy atom. The van der Waals surface area contributed by atoms with E-state index in [2.05, 4.69) is 15.5 Å². The quantitative estimate of drug-likeness (QED) is 0.605. The summed E-state index contributed by atoms with van der Waals surface area (Å²) in [6.07, 6.45) is 0.